The zero-order chi connectivity index (χ0) is 24.0. The lowest BCUT2D eigenvalue weighted by molar-refractivity contribution is 0.644. The van der Waals surface area contributed by atoms with Gasteiger partial charge in [-0.3, -0.25) is 4.79 Å². The first-order valence-corrected chi connectivity index (χ1v) is 11.3. The van der Waals surface area contributed by atoms with Crippen molar-refractivity contribution in [3.63, 3.8) is 0 Å². The second kappa shape index (κ2) is 8.23. The summed E-state index contributed by atoms with van der Waals surface area (Å²) in [5.41, 5.74) is 17.0. The lowest BCUT2D eigenvalue weighted by atomic mass is 10.1. The quantitative estimate of drug-likeness (QED) is 0.222. The molecule has 0 fully saturated rings. The number of anilines is 2. The molecule has 0 saturated carbocycles. The summed E-state index contributed by atoms with van der Waals surface area (Å²) in [6.07, 6.45) is 4.75. The van der Waals surface area contributed by atoms with Crippen molar-refractivity contribution in [1.29, 1.82) is 10.8 Å². The van der Waals surface area contributed by atoms with Gasteiger partial charge in [-0.05, 0) is 29.3 Å². The fourth-order valence-corrected chi connectivity index (χ4v) is 5.30. The number of rotatable bonds is 6. The normalized spacial score (nSPS) is 11.3. The zero-order valence-electron chi connectivity index (χ0n) is 18.4. The SMILES string of the molecule is Cn1c2nc(Cc3ccc(N)c(C=N)c3)sc2c2cnn(Cc3cccc(N)c3C=N)c(=O)c21. The lowest BCUT2D eigenvalue weighted by Gasteiger charge is -2.10. The van der Waals surface area contributed by atoms with Crippen LogP contribution in [0.25, 0.3) is 21.3 Å². The molecule has 0 spiro atoms. The van der Waals surface area contributed by atoms with Gasteiger partial charge < -0.3 is 26.9 Å². The molecular weight excluding hydrogens is 448 g/mol. The number of fused-ring (bicyclic) bond motifs is 3. The summed E-state index contributed by atoms with van der Waals surface area (Å²) in [7, 11) is 1.83. The van der Waals surface area contributed by atoms with Crippen LogP contribution in [0, 0.1) is 10.8 Å². The highest BCUT2D eigenvalue weighted by Crippen LogP contribution is 2.32. The van der Waals surface area contributed by atoms with Gasteiger partial charge in [-0.1, -0.05) is 18.2 Å². The predicted octanol–water partition coefficient (Wildman–Crippen LogP) is 3.14. The Labute approximate surface area is 198 Å². The molecule has 3 heterocycles. The van der Waals surface area contributed by atoms with Gasteiger partial charge in [-0.25, -0.2) is 9.67 Å². The van der Waals surface area contributed by atoms with Crippen molar-refractivity contribution >= 4 is 56.4 Å². The molecule has 5 rings (SSSR count). The van der Waals surface area contributed by atoms with Gasteiger partial charge in [-0.15, -0.1) is 11.3 Å². The molecule has 9 nitrogen and oxygen atoms in total. The average Bonchev–Trinajstić information content (AvgIpc) is 3.35. The Morgan fingerprint density at radius 3 is 2.71 bits per heavy atom. The molecule has 0 unspecified atom stereocenters. The van der Waals surface area contributed by atoms with Crippen LogP contribution in [0.1, 0.15) is 27.3 Å². The van der Waals surface area contributed by atoms with Crippen molar-refractivity contribution in [3.8, 4) is 0 Å². The van der Waals surface area contributed by atoms with E-state index in [2.05, 4.69) is 5.10 Å². The van der Waals surface area contributed by atoms with Gasteiger partial charge >= 0.3 is 0 Å². The topological polar surface area (TPSA) is 152 Å². The second-order valence-electron chi connectivity index (χ2n) is 8.04. The molecule has 6 N–H and O–H groups in total. The summed E-state index contributed by atoms with van der Waals surface area (Å²) in [4.78, 5) is 18.1. The maximum absolute atomic E-state index is 13.3. The Bertz CT molecular complexity index is 1660. The largest absolute Gasteiger partial charge is 0.398 e. The fourth-order valence-electron chi connectivity index (χ4n) is 4.16. The number of hydrogen-bond acceptors (Lipinski definition) is 8. The number of nitrogen functional groups attached to an aromatic ring is 2. The Hall–Kier alpha value is -4.31. The number of aryl methyl sites for hydroxylation is 1. The van der Waals surface area contributed by atoms with E-state index in [1.54, 1.807) is 24.4 Å². The fraction of sp³-hybridized carbons (Fsp3) is 0.125. The van der Waals surface area contributed by atoms with E-state index in [1.165, 1.54) is 28.4 Å². The van der Waals surface area contributed by atoms with Gasteiger partial charge in [0.15, 0.2) is 5.65 Å². The van der Waals surface area contributed by atoms with Crippen LogP contribution in [0.3, 0.4) is 0 Å². The van der Waals surface area contributed by atoms with E-state index in [0.717, 1.165) is 31.9 Å². The van der Waals surface area contributed by atoms with Crippen LogP contribution in [0.15, 0.2) is 47.4 Å². The first kappa shape index (κ1) is 21.5. The third-order valence-electron chi connectivity index (χ3n) is 5.93. The van der Waals surface area contributed by atoms with Gasteiger partial charge in [0.05, 0.1) is 17.4 Å². The van der Waals surface area contributed by atoms with E-state index in [0.29, 0.717) is 34.4 Å². The molecule has 2 aromatic carbocycles. The van der Waals surface area contributed by atoms with E-state index < -0.39 is 0 Å². The second-order valence-corrected chi connectivity index (χ2v) is 9.12. The van der Waals surface area contributed by atoms with E-state index in [9.17, 15) is 4.79 Å². The van der Waals surface area contributed by atoms with E-state index in [1.807, 2.05) is 29.8 Å². The Balaban J connectivity index is 1.54. The van der Waals surface area contributed by atoms with Crippen molar-refractivity contribution in [2.75, 3.05) is 11.5 Å². The molecule has 5 aromatic rings. The molecule has 0 aliphatic carbocycles. The van der Waals surface area contributed by atoms with Crippen LogP contribution < -0.4 is 17.0 Å². The van der Waals surface area contributed by atoms with Crippen molar-refractivity contribution in [1.82, 2.24) is 19.3 Å². The number of thiazole rings is 1. The molecular formula is C24H22N8OS. The highest BCUT2D eigenvalue weighted by Gasteiger charge is 2.19. The van der Waals surface area contributed by atoms with Crippen LogP contribution in [-0.2, 0) is 20.0 Å². The van der Waals surface area contributed by atoms with Gasteiger partial charge in [0.1, 0.15) is 10.5 Å². The molecule has 34 heavy (non-hydrogen) atoms. The minimum absolute atomic E-state index is 0.217. The van der Waals surface area contributed by atoms with Crippen LogP contribution in [0.4, 0.5) is 11.4 Å². The summed E-state index contributed by atoms with van der Waals surface area (Å²) in [6.45, 7) is 0.217. The van der Waals surface area contributed by atoms with Gasteiger partial charge in [0.2, 0.25) is 0 Å². The van der Waals surface area contributed by atoms with Gasteiger partial charge in [0, 0.05) is 53.8 Å². The summed E-state index contributed by atoms with van der Waals surface area (Å²) in [5, 5.41) is 21.2. The monoisotopic (exact) mass is 470 g/mol. The van der Waals surface area contributed by atoms with Gasteiger partial charge in [0.25, 0.3) is 5.56 Å². The first-order valence-electron chi connectivity index (χ1n) is 10.5. The smallest absolute Gasteiger partial charge is 0.291 e. The maximum atomic E-state index is 13.3. The number of nitrogens with one attached hydrogen (secondary N) is 2. The molecule has 0 aliphatic heterocycles. The van der Waals surface area contributed by atoms with E-state index in [-0.39, 0.29) is 12.1 Å². The summed E-state index contributed by atoms with van der Waals surface area (Å²) in [5.74, 6) is 0. The number of benzene rings is 2. The number of hydrogen-bond donors (Lipinski definition) is 4. The highest BCUT2D eigenvalue weighted by atomic mass is 32.1. The summed E-state index contributed by atoms with van der Waals surface area (Å²) >= 11 is 1.53. The number of nitrogens with zero attached hydrogens (tertiary/aromatic N) is 4. The van der Waals surface area contributed by atoms with Crippen molar-refractivity contribution < 1.29 is 0 Å². The van der Waals surface area contributed by atoms with Gasteiger partial charge in [-0.2, -0.15) is 5.10 Å². The van der Waals surface area contributed by atoms with E-state index in [4.69, 9.17) is 27.3 Å². The molecule has 10 heteroatoms. The maximum Gasteiger partial charge on any atom is 0.291 e. The lowest BCUT2D eigenvalue weighted by Crippen LogP contribution is -2.25. The molecule has 0 bridgehead atoms. The van der Waals surface area contributed by atoms with Crippen LogP contribution in [-0.4, -0.2) is 31.8 Å². The highest BCUT2D eigenvalue weighted by molar-refractivity contribution is 7.19. The Kier molecular flexibility index (Phi) is 5.21. The molecule has 0 aliphatic rings. The molecule has 3 aromatic heterocycles. The average molecular weight is 471 g/mol. The Morgan fingerprint density at radius 1 is 1.12 bits per heavy atom. The third-order valence-corrected chi connectivity index (χ3v) is 7.00. The van der Waals surface area contributed by atoms with Crippen molar-refractivity contribution in [2.45, 2.75) is 13.0 Å². The molecule has 170 valence electrons. The van der Waals surface area contributed by atoms with Crippen LogP contribution >= 0.6 is 11.3 Å². The third kappa shape index (κ3) is 3.44. The van der Waals surface area contributed by atoms with Crippen molar-refractivity contribution in [2.24, 2.45) is 7.05 Å². The minimum atomic E-state index is -0.223. The minimum Gasteiger partial charge on any atom is -0.398 e. The molecule has 0 amide bonds. The van der Waals surface area contributed by atoms with Crippen molar-refractivity contribution in [3.05, 3.63) is 80.2 Å². The van der Waals surface area contributed by atoms with E-state index >= 15 is 0 Å². The molecule has 0 saturated heterocycles. The predicted molar refractivity (Wildman–Crippen MR) is 138 cm³/mol. The first-order chi connectivity index (χ1) is 16.4. The standard InChI is InChI=1S/C24H22N8OS/c1-31-21-17(11-29-32(24(21)33)12-14-3-2-4-19(28)16(14)10-26)22-23(31)30-20(34-22)8-13-5-6-18(27)15(7-13)9-25/h2-7,9-11,25-26H,8,12,27-28H2,1H3. The molecule has 0 atom stereocenters. The van der Waals surface area contributed by atoms with Crippen LogP contribution in [0.5, 0.6) is 0 Å². The van der Waals surface area contributed by atoms with Crippen LogP contribution in [0.2, 0.25) is 0 Å². The number of nitrogens with two attached hydrogens (primary N) is 2. The number of aromatic nitrogens is 4. The summed E-state index contributed by atoms with van der Waals surface area (Å²) in [6, 6.07) is 11.0. The molecule has 0 radical (unpaired) electrons. The Morgan fingerprint density at radius 2 is 1.94 bits per heavy atom. The summed E-state index contributed by atoms with van der Waals surface area (Å²) < 4.78 is 4.12. The zero-order valence-corrected chi connectivity index (χ0v) is 19.2.